The number of benzene rings is 2. The predicted octanol–water partition coefficient (Wildman–Crippen LogP) is 3.96. The number of ether oxygens (including phenoxy) is 1. The summed E-state index contributed by atoms with van der Waals surface area (Å²) in [7, 11) is -3.53. The Morgan fingerprint density at radius 3 is 2.52 bits per heavy atom. The van der Waals surface area contributed by atoms with Gasteiger partial charge < -0.3 is 4.74 Å². The molecule has 134 valence electrons. The molecular weight excluding hydrogens is 365 g/mol. The first-order valence-electron chi connectivity index (χ1n) is 8.10. The summed E-state index contributed by atoms with van der Waals surface area (Å²) in [4.78, 5) is 0.209. The van der Waals surface area contributed by atoms with Crippen LogP contribution in [0.4, 0.5) is 4.39 Å². The van der Waals surface area contributed by atoms with Gasteiger partial charge in [-0.25, -0.2) is 12.8 Å². The molecule has 1 fully saturated rings. The fourth-order valence-corrected chi connectivity index (χ4v) is 4.63. The van der Waals surface area contributed by atoms with Gasteiger partial charge in [0.2, 0.25) is 10.0 Å². The summed E-state index contributed by atoms with van der Waals surface area (Å²) in [5, 5.41) is 0.397. The number of piperidine rings is 1. The van der Waals surface area contributed by atoms with E-state index in [0.717, 1.165) is 0 Å². The lowest BCUT2D eigenvalue weighted by molar-refractivity contribution is 0.181. The van der Waals surface area contributed by atoms with Crippen molar-refractivity contribution in [1.29, 1.82) is 0 Å². The van der Waals surface area contributed by atoms with E-state index in [-0.39, 0.29) is 22.4 Å². The van der Waals surface area contributed by atoms with Gasteiger partial charge in [0.05, 0.1) is 11.5 Å². The molecule has 0 N–H and O–H groups in total. The van der Waals surface area contributed by atoms with Gasteiger partial charge in [0.15, 0.2) is 11.6 Å². The van der Waals surface area contributed by atoms with Gasteiger partial charge in [-0.3, -0.25) is 0 Å². The predicted molar refractivity (Wildman–Crippen MR) is 94.8 cm³/mol. The fraction of sp³-hybridized carbons (Fsp3) is 0.333. The zero-order valence-electron chi connectivity index (χ0n) is 13.6. The van der Waals surface area contributed by atoms with Crippen LogP contribution < -0.4 is 4.74 Å². The average molecular weight is 384 g/mol. The van der Waals surface area contributed by atoms with Crippen molar-refractivity contribution in [3.05, 3.63) is 59.4 Å². The molecule has 2 aromatic carbocycles. The Balaban J connectivity index is 1.57. The zero-order chi connectivity index (χ0) is 17.9. The lowest BCUT2D eigenvalue weighted by atomic mass is 9.99. The largest absolute Gasteiger partial charge is 0.490 e. The molecule has 0 bridgehead atoms. The Morgan fingerprint density at radius 1 is 1.12 bits per heavy atom. The molecule has 25 heavy (non-hydrogen) atoms. The molecule has 1 heterocycles. The van der Waals surface area contributed by atoms with E-state index in [1.54, 1.807) is 36.4 Å². The van der Waals surface area contributed by atoms with Crippen LogP contribution in [0.2, 0.25) is 5.02 Å². The molecule has 0 saturated carbocycles. The standard InChI is InChI=1S/C18H19ClFNO3S/c19-15-4-3-5-16(12-15)25(22,23)21-10-8-14(9-11-21)13-24-18-7-2-1-6-17(18)20/h1-7,12,14H,8-11,13H2. The molecule has 0 aliphatic carbocycles. The summed E-state index contributed by atoms with van der Waals surface area (Å²) in [6, 6.07) is 12.6. The third-order valence-electron chi connectivity index (χ3n) is 4.32. The van der Waals surface area contributed by atoms with E-state index >= 15 is 0 Å². The molecule has 1 aliphatic rings. The van der Waals surface area contributed by atoms with Crippen molar-refractivity contribution in [2.75, 3.05) is 19.7 Å². The molecule has 1 saturated heterocycles. The van der Waals surface area contributed by atoms with Crippen LogP contribution in [-0.2, 0) is 10.0 Å². The number of nitrogens with zero attached hydrogens (tertiary/aromatic N) is 1. The van der Waals surface area contributed by atoms with Crippen LogP contribution in [-0.4, -0.2) is 32.4 Å². The van der Waals surface area contributed by atoms with E-state index in [4.69, 9.17) is 16.3 Å². The molecular formula is C18H19ClFNO3S. The van der Waals surface area contributed by atoms with E-state index in [1.165, 1.54) is 16.4 Å². The second kappa shape index (κ2) is 7.72. The van der Waals surface area contributed by atoms with Crippen LogP contribution in [0, 0.1) is 11.7 Å². The minimum Gasteiger partial charge on any atom is -0.490 e. The van der Waals surface area contributed by atoms with Gasteiger partial charge in [0.25, 0.3) is 0 Å². The van der Waals surface area contributed by atoms with Crippen LogP contribution in [0.25, 0.3) is 0 Å². The first-order valence-corrected chi connectivity index (χ1v) is 9.91. The van der Waals surface area contributed by atoms with Crippen molar-refractivity contribution >= 4 is 21.6 Å². The molecule has 7 heteroatoms. The number of hydrogen-bond donors (Lipinski definition) is 0. The Hall–Kier alpha value is -1.63. The number of halogens is 2. The molecule has 0 aromatic heterocycles. The Bertz CT molecular complexity index is 836. The second-order valence-corrected chi connectivity index (χ2v) is 8.42. The van der Waals surface area contributed by atoms with Gasteiger partial charge in [0.1, 0.15) is 0 Å². The summed E-state index contributed by atoms with van der Waals surface area (Å²) < 4.78 is 45.9. The van der Waals surface area contributed by atoms with Crippen molar-refractivity contribution < 1.29 is 17.5 Å². The van der Waals surface area contributed by atoms with E-state index in [9.17, 15) is 12.8 Å². The SMILES string of the molecule is O=S(=O)(c1cccc(Cl)c1)N1CCC(COc2ccccc2F)CC1. The average Bonchev–Trinajstić information content (AvgIpc) is 2.61. The lowest BCUT2D eigenvalue weighted by Crippen LogP contribution is -2.39. The smallest absolute Gasteiger partial charge is 0.243 e. The van der Waals surface area contributed by atoms with Crippen molar-refractivity contribution in [2.24, 2.45) is 5.92 Å². The van der Waals surface area contributed by atoms with Gasteiger partial charge >= 0.3 is 0 Å². The Kier molecular flexibility index (Phi) is 5.61. The number of hydrogen-bond acceptors (Lipinski definition) is 3. The highest BCUT2D eigenvalue weighted by Crippen LogP contribution is 2.26. The topological polar surface area (TPSA) is 46.6 Å². The molecule has 0 radical (unpaired) electrons. The van der Waals surface area contributed by atoms with Crippen LogP contribution in [0.5, 0.6) is 5.75 Å². The van der Waals surface area contributed by atoms with Crippen LogP contribution >= 0.6 is 11.6 Å². The summed E-state index contributed by atoms with van der Waals surface area (Å²) in [5.74, 6) is 0.0466. The first-order chi connectivity index (χ1) is 12.0. The van der Waals surface area contributed by atoms with E-state index in [0.29, 0.717) is 37.6 Å². The van der Waals surface area contributed by atoms with Crippen LogP contribution in [0.3, 0.4) is 0 Å². The Morgan fingerprint density at radius 2 is 1.84 bits per heavy atom. The minimum absolute atomic E-state index is 0.199. The normalized spacial score (nSPS) is 16.7. The molecule has 0 atom stereocenters. The highest BCUT2D eigenvalue weighted by molar-refractivity contribution is 7.89. The van der Waals surface area contributed by atoms with Crippen LogP contribution in [0.15, 0.2) is 53.4 Å². The van der Waals surface area contributed by atoms with Gasteiger partial charge in [-0.15, -0.1) is 0 Å². The monoisotopic (exact) mass is 383 g/mol. The molecule has 0 unspecified atom stereocenters. The summed E-state index contributed by atoms with van der Waals surface area (Å²) in [6.45, 7) is 1.21. The molecule has 2 aromatic rings. The van der Waals surface area contributed by atoms with Crippen molar-refractivity contribution in [3.8, 4) is 5.75 Å². The number of para-hydroxylation sites is 1. The quantitative estimate of drug-likeness (QED) is 0.785. The minimum atomic E-state index is -3.53. The maximum Gasteiger partial charge on any atom is 0.243 e. The van der Waals surface area contributed by atoms with Crippen molar-refractivity contribution in [3.63, 3.8) is 0 Å². The Labute approximate surface area is 152 Å². The number of sulfonamides is 1. The van der Waals surface area contributed by atoms with Crippen molar-refractivity contribution in [2.45, 2.75) is 17.7 Å². The molecule has 0 spiro atoms. The summed E-state index contributed by atoms with van der Waals surface area (Å²) in [5.41, 5.74) is 0. The van der Waals surface area contributed by atoms with E-state index < -0.39 is 10.0 Å². The second-order valence-electron chi connectivity index (χ2n) is 6.05. The zero-order valence-corrected chi connectivity index (χ0v) is 15.1. The summed E-state index contributed by atoms with van der Waals surface area (Å²) in [6.07, 6.45) is 1.35. The van der Waals surface area contributed by atoms with E-state index in [2.05, 4.69) is 0 Å². The lowest BCUT2D eigenvalue weighted by Gasteiger charge is -2.31. The maximum absolute atomic E-state index is 13.6. The van der Waals surface area contributed by atoms with Crippen molar-refractivity contribution in [1.82, 2.24) is 4.31 Å². The highest BCUT2D eigenvalue weighted by atomic mass is 35.5. The fourth-order valence-electron chi connectivity index (χ4n) is 2.86. The molecule has 1 aliphatic heterocycles. The van der Waals surface area contributed by atoms with Gasteiger partial charge in [-0.05, 0) is 49.1 Å². The third kappa shape index (κ3) is 4.32. The molecule has 0 amide bonds. The highest BCUT2D eigenvalue weighted by Gasteiger charge is 2.29. The maximum atomic E-state index is 13.6. The third-order valence-corrected chi connectivity index (χ3v) is 6.45. The molecule has 4 nitrogen and oxygen atoms in total. The van der Waals surface area contributed by atoms with E-state index in [1.807, 2.05) is 0 Å². The van der Waals surface area contributed by atoms with Crippen LogP contribution in [0.1, 0.15) is 12.8 Å². The number of rotatable bonds is 5. The van der Waals surface area contributed by atoms with Gasteiger partial charge in [-0.2, -0.15) is 4.31 Å². The van der Waals surface area contributed by atoms with Gasteiger partial charge in [0, 0.05) is 18.1 Å². The molecule has 3 rings (SSSR count). The van der Waals surface area contributed by atoms with Gasteiger partial charge in [-0.1, -0.05) is 29.8 Å². The summed E-state index contributed by atoms with van der Waals surface area (Å²) >= 11 is 5.90. The first kappa shape index (κ1) is 18.2.